The quantitative estimate of drug-likeness (QED) is 0.501. The monoisotopic (exact) mass is 528 g/mol. The van der Waals surface area contributed by atoms with Gasteiger partial charge in [0.2, 0.25) is 11.9 Å². The van der Waals surface area contributed by atoms with Crippen molar-refractivity contribution in [3.63, 3.8) is 0 Å². The summed E-state index contributed by atoms with van der Waals surface area (Å²) in [6.45, 7) is 4.17. The number of alkyl halides is 2. The van der Waals surface area contributed by atoms with Crippen LogP contribution in [-0.2, 0) is 9.53 Å². The number of carbonyl (C=O) groups is 1. The van der Waals surface area contributed by atoms with E-state index in [1.807, 2.05) is 23.9 Å². The molecule has 2 aromatic heterocycles. The lowest BCUT2D eigenvalue weighted by molar-refractivity contribution is -0.131. The molecule has 3 aromatic rings. The minimum Gasteiger partial charge on any atom is -0.378 e. The van der Waals surface area contributed by atoms with Gasteiger partial charge in [-0.15, -0.1) is 0 Å². The van der Waals surface area contributed by atoms with E-state index in [1.54, 1.807) is 30.3 Å². The molecule has 1 unspecified atom stereocenters. The Hall–Kier alpha value is -3.38. The molecule has 5 rings (SSSR count). The van der Waals surface area contributed by atoms with Gasteiger partial charge in [-0.3, -0.25) is 9.36 Å². The fraction of sp³-hybridized carbons (Fsp3) is 0.538. The van der Waals surface area contributed by atoms with Crippen molar-refractivity contribution in [3.05, 3.63) is 36.2 Å². The van der Waals surface area contributed by atoms with Crippen LogP contribution in [0.5, 0.6) is 0 Å². The largest absolute Gasteiger partial charge is 0.378 e. The first-order valence-electron chi connectivity index (χ1n) is 13.1. The van der Waals surface area contributed by atoms with Gasteiger partial charge < -0.3 is 24.8 Å². The number of rotatable bonds is 7. The van der Waals surface area contributed by atoms with Gasteiger partial charge in [0.1, 0.15) is 11.6 Å². The minimum atomic E-state index is -2.77. The number of carbonyl (C=O) groups excluding carboxylic acids is 1. The maximum absolute atomic E-state index is 14.1. The number of anilines is 2. The molecule has 0 spiro atoms. The number of nitrogens with zero attached hydrogens (tertiary/aromatic N) is 7. The lowest BCUT2D eigenvalue weighted by Gasteiger charge is -2.29. The number of hydrogen-bond acceptors (Lipinski definition) is 8. The van der Waals surface area contributed by atoms with Gasteiger partial charge in [-0.05, 0) is 45.5 Å². The highest BCUT2D eigenvalue weighted by Gasteiger charge is 2.25. The average Bonchev–Trinajstić information content (AvgIpc) is 3.15. The van der Waals surface area contributed by atoms with E-state index in [2.05, 4.69) is 15.2 Å². The van der Waals surface area contributed by atoms with Gasteiger partial charge in [0.05, 0.1) is 30.8 Å². The molecule has 2 fully saturated rings. The standard InChI is InChI=1S/C26H34F2N8O2/c1-33(2)17-23(37)35-10-5-6-18(9-11-35)29-26-31-21(34-12-14-38-15-13-34)16-22(32-26)36-20-8-4-3-7-19(20)30-25(36)24(27)28/h3-4,7-8,16,18,24H,5-6,9-15,17H2,1-2H3,(H,29,31,32). The molecule has 0 aliphatic carbocycles. The second kappa shape index (κ2) is 11.6. The summed E-state index contributed by atoms with van der Waals surface area (Å²) >= 11 is 0. The maximum Gasteiger partial charge on any atom is 0.296 e. The second-order valence-corrected chi connectivity index (χ2v) is 9.99. The van der Waals surface area contributed by atoms with E-state index in [0.29, 0.717) is 74.6 Å². The second-order valence-electron chi connectivity index (χ2n) is 9.99. The molecule has 1 atom stereocenters. The van der Waals surface area contributed by atoms with Crippen molar-refractivity contribution in [1.29, 1.82) is 0 Å². The highest BCUT2D eigenvalue weighted by Crippen LogP contribution is 2.29. The lowest BCUT2D eigenvalue weighted by atomic mass is 10.1. The number of halogens is 2. The summed E-state index contributed by atoms with van der Waals surface area (Å²) in [4.78, 5) is 32.1. The number of nitrogens with one attached hydrogen (secondary N) is 1. The van der Waals surface area contributed by atoms with Crippen LogP contribution in [0.1, 0.15) is 31.5 Å². The van der Waals surface area contributed by atoms with Crippen LogP contribution >= 0.6 is 0 Å². The minimum absolute atomic E-state index is 0.0500. The zero-order valence-corrected chi connectivity index (χ0v) is 21.8. The van der Waals surface area contributed by atoms with Crippen LogP contribution in [0.2, 0.25) is 0 Å². The molecule has 0 bridgehead atoms. The molecule has 0 saturated carbocycles. The van der Waals surface area contributed by atoms with E-state index in [4.69, 9.17) is 14.7 Å². The number of fused-ring (bicyclic) bond motifs is 1. The van der Waals surface area contributed by atoms with Gasteiger partial charge in [0.25, 0.3) is 6.43 Å². The third-order valence-corrected chi connectivity index (χ3v) is 6.91. The molecule has 204 valence electrons. The molecule has 1 N–H and O–H groups in total. The predicted octanol–water partition coefficient (Wildman–Crippen LogP) is 2.94. The third-order valence-electron chi connectivity index (χ3n) is 6.91. The first kappa shape index (κ1) is 26.2. The fourth-order valence-corrected chi connectivity index (χ4v) is 5.03. The third kappa shape index (κ3) is 5.86. The molecule has 2 aliphatic heterocycles. The molecule has 10 nitrogen and oxygen atoms in total. The topological polar surface area (TPSA) is 91.7 Å². The smallest absolute Gasteiger partial charge is 0.296 e. The van der Waals surface area contributed by atoms with Gasteiger partial charge in [0, 0.05) is 38.3 Å². The van der Waals surface area contributed by atoms with Crippen LogP contribution in [0.15, 0.2) is 30.3 Å². The number of morpholine rings is 1. The number of imidazole rings is 1. The highest BCUT2D eigenvalue weighted by molar-refractivity contribution is 5.79. The molecule has 38 heavy (non-hydrogen) atoms. The SMILES string of the molecule is CN(C)CC(=O)N1CCCC(Nc2nc(N3CCOCC3)cc(-n3c(C(F)F)nc4ccccc43)n2)CC1. The van der Waals surface area contributed by atoms with Crippen LogP contribution < -0.4 is 10.2 Å². The van der Waals surface area contributed by atoms with Gasteiger partial charge >= 0.3 is 0 Å². The van der Waals surface area contributed by atoms with E-state index in [9.17, 15) is 13.6 Å². The van der Waals surface area contributed by atoms with Crippen molar-refractivity contribution in [2.24, 2.45) is 0 Å². The number of para-hydroxylation sites is 2. The highest BCUT2D eigenvalue weighted by atomic mass is 19.3. The Morgan fingerprint density at radius 1 is 1.08 bits per heavy atom. The van der Waals surface area contributed by atoms with Crippen LogP contribution in [0, 0.1) is 0 Å². The Morgan fingerprint density at radius 3 is 2.61 bits per heavy atom. The van der Waals surface area contributed by atoms with Crippen molar-refractivity contribution in [2.45, 2.75) is 31.7 Å². The van der Waals surface area contributed by atoms with Crippen molar-refractivity contribution in [2.75, 3.05) is 70.2 Å². The molecule has 1 aromatic carbocycles. The van der Waals surface area contributed by atoms with Crippen LogP contribution in [0.25, 0.3) is 16.9 Å². The van der Waals surface area contributed by atoms with Crippen molar-refractivity contribution >= 4 is 28.7 Å². The number of likely N-dealkylation sites (N-methyl/N-ethyl adjacent to an activating group) is 1. The summed E-state index contributed by atoms with van der Waals surface area (Å²) in [5.41, 5.74) is 1.04. The Bertz CT molecular complexity index is 1260. The van der Waals surface area contributed by atoms with Gasteiger partial charge in [-0.1, -0.05) is 12.1 Å². The zero-order valence-electron chi connectivity index (χ0n) is 21.8. The number of aromatic nitrogens is 4. The van der Waals surface area contributed by atoms with E-state index < -0.39 is 6.43 Å². The van der Waals surface area contributed by atoms with Crippen LogP contribution in [0.3, 0.4) is 0 Å². The number of amides is 1. The number of benzene rings is 1. The fourth-order valence-electron chi connectivity index (χ4n) is 5.03. The summed E-state index contributed by atoms with van der Waals surface area (Å²) < 4.78 is 35.1. The lowest BCUT2D eigenvalue weighted by Crippen LogP contribution is -2.38. The summed E-state index contributed by atoms with van der Waals surface area (Å²) in [7, 11) is 3.78. The van der Waals surface area contributed by atoms with E-state index in [0.717, 1.165) is 19.3 Å². The summed E-state index contributed by atoms with van der Waals surface area (Å²) in [5, 5.41) is 3.45. The zero-order chi connectivity index (χ0) is 26.6. The van der Waals surface area contributed by atoms with Crippen LogP contribution in [0.4, 0.5) is 20.5 Å². The molecule has 4 heterocycles. The first-order chi connectivity index (χ1) is 18.4. The number of ether oxygens (including phenoxy) is 1. The number of likely N-dealkylation sites (tertiary alicyclic amines) is 1. The molecule has 0 radical (unpaired) electrons. The van der Waals surface area contributed by atoms with Gasteiger partial charge in [-0.2, -0.15) is 9.97 Å². The summed E-state index contributed by atoms with van der Waals surface area (Å²) in [5.74, 6) is 1.13. The first-order valence-corrected chi connectivity index (χ1v) is 13.1. The van der Waals surface area contributed by atoms with E-state index in [1.165, 1.54) is 4.57 Å². The molecule has 2 aliphatic rings. The summed E-state index contributed by atoms with van der Waals surface area (Å²) in [6, 6.07) is 8.85. The van der Waals surface area contributed by atoms with Gasteiger partial charge in [-0.25, -0.2) is 13.8 Å². The molecule has 12 heteroatoms. The Kier molecular flexibility index (Phi) is 7.98. The molecular weight excluding hydrogens is 494 g/mol. The van der Waals surface area contributed by atoms with Crippen molar-refractivity contribution in [1.82, 2.24) is 29.3 Å². The molecule has 2 saturated heterocycles. The van der Waals surface area contributed by atoms with E-state index >= 15 is 0 Å². The predicted molar refractivity (Wildman–Crippen MR) is 141 cm³/mol. The van der Waals surface area contributed by atoms with E-state index in [-0.39, 0.29) is 17.8 Å². The molecular formula is C26H34F2N8O2. The normalized spacial score (nSPS) is 18.8. The number of hydrogen-bond donors (Lipinski definition) is 1. The Morgan fingerprint density at radius 2 is 1.84 bits per heavy atom. The maximum atomic E-state index is 14.1. The van der Waals surface area contributed by atoms with Crippen molar-refractivity contribution < 1.29 is 18.3 Å². The van der Waals surface area contributed by atoms with Crippen LogP contribution in [-0.4, -0.2) is 101 Å². The Balaban J connectivity index is 1.46. The Labute approximate surface area is 220 Å². The van der Waals surface area contributed by atoms with Gasteiger partial charge in [0.15, 0.2) is 5.82 Å². The average molecular weight is 529 g/mol. The van der Waals surface area contributed by atoms with Crippen molar-refractivity contribution in [3.8, 4) is 5.82 Å². The molecule has 1 amide bonds. The summed E-state index contributed by atoms with van der Waals surface area (Å²) in [6.07, 6.45) is -0.319.